The number of likely N-dealkylation sites (tertiary alicyclic amines) is 1. The lowest BCUT2D eigenvalue weighted by Gasteiger charge is -2.46. The molecule has 1 amide bonds. The highest BCUT2D eigenvalue weighted by Gasteiger charge is 2.43. The number of nitrogens with one attached hydrogen (secondary N) is 1. The number of nitrogens with zero attached hydrogens (tertiary/aromatic N) is 1. The van der Waals surface area contributed by atoms with Crippen LogP contribution in [0, 0.1) is 11.8 Å². The molecule has 2 aromatic carbocycles. The molecule has 2 heterocycles. The minimum absolute atomic E-state index is 0.0134. The van der Waals surface area contributed by atoms with Crippen molar-refractivity contribution in [3.8, 4) is 0 Å². The number of hydrogen-bond acceptors (Lipinski definition) is 4. The fourth-order valence-corrected chi connectivity index (χ4v) is 7.05. The van der Waals surface area contributed by atoms with Gasteiger partial charge in [0, 0.05) is 6.04 Å². The molecule has 0 aromatic heterocycles. The maximum Gasteiger partial charge on any atom is 0.416 e. The zero-order chi connectivity index (χ0) is 31.0. The summed E-state index contributed by atoms with van der Waals surface area (Å²) in [6.07, 6.45) is -4.69. The van der Waals surface area contributed by atoms with Gasteiger partial charge < -0.3 is 15.0 Å². The van der Waals surface area contributed by atoms with Crippen molar-refractivity contribution in [2.24, 2.45) is 11.8 Å². The molecule has 1 saturated carbocycles. The Morgan fingerprint density at radius 1 is 0.907 bits per heavy atom. The second kappa shape index (κ2) is 12.1. The van der Waals surface area contributed by atoms with Crippen LogP contribution in [0.1, 0.15) is 80.0 Å². The number of ether oxygens (including phenoxy) is 1. The summed E-state index contributed by atoms with van der Waals surface area (Å²) in [6.45, 7) is 3.57. The normalized spacial score (nSPS) is 26.6. The van der Waals surface area contributed by atoms with Crippen molar-refractivity contribution < 1.29 is 40.7 Å². The molecule has 2 aliphatic heterocycles. The summed E-state index contributed by atoms with van der Waals surface area (Å²) < 4.78 is 86.0. The first-order valence-electron chi connectivity index (χ1n) is 14.8. The van der Waals surface area contributed by atoms with Gasteiger partial charge in [0.15, 0.2) is 0 Å². The molecular formula is C32H36F6N2O3. The highest BCUT2D eigenvalue weighted by Crippen LogP contribution is 2.42. The van der Waals surface area contributed by atoms with Gasteiger partial charge in [-0.15, -0.1) is 0 Å². The Morgan fingerprint density at radius 3 is 2.00 bits per heavy atom. The van der Waals surface area contributed by atoms with Crippen molar-refractivity contribution >= 4 is 11.9 Å². The molecule has 0 bridgehead atoms. The Balaban J connectivity index is 1.30. The van der Waals surface area contributed by atoms with E-state index >= 15 is 0 Å². The number of rotatable bonds is 6. The van der Waals surface area contributed by atoms with Gasteiger partial charge in [-0.2, -0.15) is 26.3 Å². The highest BCUT2D eigenvalue weighted by molar-refractivity contribution is 5.84. The van der Waals surface area contributed by atoms with Gasteiger partial charge in [-0.05, 0) is 100 Å². The van der Waals surface area contributed by atoms with Crippen LogP contribution in [0.15, 0.2) is 48.5 Å². The number of carbonyl (C=O) groups is 2. The van der Waals surface area contributed by atoms with E-state index in [0.717, 1.165) is 50.8 Å². The number of esters is 1. The Hall–Kier alpha value is -3.08. The zero-order valence-corrected chi connectivity index (χ0v) is 23.9. The monoisotopic (exact) mass is 610 g/mol. The van der Waals surface area contributed by atoms with Crippen LogP contribution in [0.5, 0.6) is 0 Å². The van der Waals surface area contributed by atoms with Gasteiger partial charge in [-0.1, -0.05) is 30.3 Å². The number of cyclic esters (lactones) is 1. The van der Waals surface area contributed by atoms with Crippen LogP contribution in [-0.2, 0) is 32.2 Å². The molecule has 2 unspecified atom stereocenters. The minimum atomic E-state index is -5.00. The standard InChI is InChI=1S/C32H36F6N2O3/c1-20(22-17-24(31(33,34)35)19-25(18-22)32(36,37)38)28(41)39-30(23-5-3-2-4-6-23)12-7-26(8-13-30)40-14-9-21(10-15-40)27-11-16-43-29(27)42/h2-6,17-21,26-27H,7-16H2,1H3,(H,39,41). The van der Waals surface area contributed by atoms with Gasteiger partial charge in [0.2, 0.25) is 5.91 Å². The van der Waals surface area contributed by atoms with Crippen molar-refractivity contribution in [1.82, 2.24) is 10.2 Å². The summed E-state index contributed by atoms with van der Waals surface area (Å²) in [5.41, 5.74) is -3.17. The van der Waals surface area contributed by atoms with Crippen molar-refractivity contribution in [2.45, 2.75) is 81.7 Å². The van der Waals surface area contributed by atoms with Gasteiger partial charge in [-0.25, -0.2) is 0 Å². The summed E-state index contributed by atoms with van der Waals surface area (Å²) in [4.78, 5) is 28.0. The number of alkyl halides is 6. The maximum atomic E-state index is 13.6. The molecular weight excluding hydrogens is 574 g/mol. The van der Waals surface area contributed by atoms with Crippen LogP contribution >= 0.6 is 0 Å². The van der Waals surface area contributed by atoms with Crippen LogP contribution in [0.2, 0.25) is 0 Å². The number of carbonyl (C=O) groups excluding carboxylic acids is 2. The Morgan fingerprint density at radius 2 is 1.49 bits per heavy atom. The molecule has 2 atom stereocenters. The Labute approximate surface area is 247 Å². The van der Waals surface area contributed by atoms with Crippen LogP contribution < -0.4 is 5.32 Å². The molecule has 5 rings (SSSR count). The van der Waals surface area contributed by atoms with E-state index in [1.54, 1.807) is 0 Å². The first kappa shape index (κ1) is 31.3. The first-order chi connectivity index (χ1) is 20.3. The lowest BCUT2D eigenvalue weighted by molar-refractivity contribution is -0.144. The molecule has 1 aliphatic carbocycles. The van der Waals surface area contributed by atoms with Gasteiger partial charge in [-0.3, -0.25) is 9.59 Å². The molecule has 11 heteroatoms. The molecule has 2 saturated heterocycles. The largest absolute Gasteiger partial charge is 0.465 e. The third-order valence-corrected chi connectivity index (χ3v) is 9.64. The topological polar surface area (TPSA) is 58.6 Å². The average Bonchev–Trinajstić information content (AvgIpc) is 3.42. The molecule has 234 valence electrons. The van der Waals surface area contributed by atoms with Gasteiger partial charge in [0.05, 0.1) is 35.1 Å². The molecule has 3 aliphatic rings. The van der Waals surface area contributed by atoms with E-state index in [9.17, 15) is 35.9 Å². The minimum Gasteiger partial charge on any atom is -0.465 e. The molecule has 5 nitrogen and oxygen atoms in total. The summed E-state index contributed by atoms with van der Waals surface area (Å²) in [7, 11) is 0. The fraction of sp³-hybridized carbons (Fsp3) is 0.562. The van der Waals surface area contributed by atoms with Crippen LogP contribution in [-0.4, -0.2) is 42.5 Å². The third-order valence-electron chi connectivity index (χ3n) is 9.64. The van der Waals surface area contributed by atoms with E-state index in [0.29, 0.717) is 37.5 Å². The van der Waals surface area contributed by atoms with Crippen LogP contribution in [0.25, 0.3) is 0 Å². The van der Waals surface area contributed by atoms with Crippen LogP contribution in [0.4, 0.5) is 26.3 Å². The number of amides is 1. The Bertz CT molecular complexity index is 1260. The van der Waals surface area contributed by atoms with E-state index in [1.807, 2.05) is 30.3 Å². The number of halogens is 6. The summed E-state index contributed by atoms with van der Waals surface area (Å²) in [5, 5.41) is 3.06. The second-order valence-corrected chi connectivity index (χ2v) is 12.2. The molecule has 2 aromatic rings. The van der Waals surface area contributed by atoms with Crippen molar-refractivity contribution in [3.05, 3.63) is 70.8 Å². The van der Waals surface area contributed by atoms with E-state index < -0.39 is 40.8 Å². The third kappa shape index (κ3) is 6.86. The average molecular weight is 611 g/mol. The highest BCUT2D eigenvalue weighted by atomic mass is 19.4. The quantitative estimate of drug-likeness (QED) is 0.281. The SMILES string of the molecule is CC(C(=O)NC1(c2ccccc2)CCC(N2CCC(C3CCOC3=O)CC2)CC1)c1cc(C(F)(F)F)cc(C(F)(F)F)c1. The zero-order valence-electron chi connectivity index (χ0n) is 23.9. The van der Waals surface area contributed by atoms with E-state index in [2.05, 4.69) is 10.2 Å². The van der Waals surface area contributed by atoms with E-state index in [-0.39, 0.29) is 29.6 Å². The number of benzene rings is 2. The summed E-state index contributed by atoms with van der Waals surface area (Å²) >= 11 is 0. The Kier molecular flexibility index (Phi) is 8.84. The molecule has 43 heavy (non-hydrogen) atoms. The van der Waals surface area contributed by atoms with Crippen LogP contribution in [0.3, 0.4) is 0 Å². The summed E-state index contributed by atoms with van der Waals surface area (Å²) in [5.74, 6) is -1.65. The molecule has 0 radical (unpaired) electrons. The van der Waals surface area contributed by atoms with Crippen molar-refractivity contribution in [2.75, 3.05) is 19.7 Å². The lowest BCUT2D eigenvalue weighted by atomic mass is 9.73. The van der Waals surface area contributed by atoms with Gasteiger partial charge in [0.1, 0.15) is 0 Å². The molecule has 1 N–H and O–H groups in total. The van der Waals surface area contributed by atoms with Gasteiger partial charge >= 0.3 is 18.3 Å². The van der Waals surface area contributed by atoms with E-state index in [4.69, 9.17) is 4.74 Å². The smallest absolute Gasteiger partial charge is 0.416 e. The predicted octanol–water partition coefficient (Wildman–Crippen LogP) is 7.06. The lowest BCUT2D eigenvalue weighted by Crippen LogP contribution is -2.53. The fourth-order valence-electron chi connectivity index (χ4n) is 7.05. The van der Waals surface area contributed by atoms with E-state index in [1.165, 1.54) is 6.92 Å². The number of hydrogen-bond donors (Lipinski definition) is 1. The first-order valence-corrected chi connectivity index (χ1v) is 14.8. The van der Waals surface area contributed by atoms with Gasteiger partial charge in [0.25, 0.3) is 0 Å². The van der Waals surface area contributed by atoms with Crippen molar-refractivity contribution in [3.63, 3.8) is 0 Å². The maximum absolute atomic E-state index is 13.6. The van der Waals surface area contributed by atoms with Crippen molar-refractivity contribution in [1.29, 1.82) is 0 Å². The molecule has 0 spiro atoms. The predicted molar refractivity (Wildman–Crippen MR) is 147 cm³/mol. The number of piperidine rings is 1. The second-order valence-electron chi connectivity index (χ2n) is 12.2. The summed E-state index contributed by atoms with van der Waals surface area (Å²) in [6, 6.07) is 10.9. The molecule has 3 fully saturated rings.